The van der Waals surface area contributed by atoms with Crippen LogP contribution < -0.4 is 5.32 Å². The van der Waals surface area contributed by atoms with E-state index < -0.39 is 0 Å². The van der Waals surface area contributed by atoms with Gasteiger partial charge in [-0.2, -0.15) is 0 Å². The first-order valence-corrected chi connectivity index (χ1v) is 9.16. The molecule has 0 bridgehead atoms. The molecule has 1 aromatic rings. The van der Waals surface area contributed by atoms with Crippen LogP contribution in [0, 0.1) is 12.8 Å². The fourth-order valence-corrected chi connectivity index (χ4v) is 3.14. The van der Waals surface area contributed by atoms with Crippen molar-refractivity contribution in [2.45, 2.75) is 39.5 Å². The van der Waals surface area contributed by atoms with Crippen LogP contribution in [0.2, 0.25) is 0 Å². The monoisotopic (exact) mass is 360 g/mol. The van der Waals surface area contributed by atoms with E-state index in [1.165, 1.54) is 4.90 Å². The van der Waals surface area contributed by atoms with Crippen molar-refractivity contribution < 1.29 is 14.4 Å². The largest absolute Gasteiger partial charge is 0.343 e. The lowest BCUT2D eigenvalue weighted by Crippen LogP contribution is -2.45. The van der Waals surface area contributed by atoms with E-state index in [0.717, 1.165) is 12.0 Å². The number of likely N-dealkylation sites (N-methyl/N-ethyl adjacent to an activating group) is 1. The van der Waals surface area contributed by atoms with E-state index in [1.807, 2.05) is 24.8 Å². The Kier molecular flexibility index (Phi) is 7.12. The lowest BCUT2D eigenvalue weighted by molar-refractivity contribution is -0.141. The van der Waals surface area contributed by atoms with Gasteiger partial charge in [0.2, 0.25) is 17.7 Å². The summed E-state index contributed by atoms with van der Waals surface area (Å²) in [5.41, 5.74) is 1.00. The van der Waals surface area contributed by atoms with Gasteiger partial charge in [-0.1, -0.05) is 6.92 Å². The van der Waals surface area contributed by atoms with Crippen molar-refractivity contribution >= 4 is 23.5 Å². The predicted molar refractivity (Wildman–Crippen MR) is 99.5 cm³/mol. The van der Waals surface area contributed by atoms with Crippen molar-refractivity contribution in [1.29, 1.82) is 0 Å². The molecule has 1 aliphatic heterocycles. The molecule has 7 nitrogen and oxygen atoms in total. The number of anilines is 1. The molecule has 0 spiro atoms. The molecule has 0 saturated carbocycles. The first-order valence-electron chi connectivity index (χ1n) is 9.16. The summed E-state index contributed by atoms with van der Waals surface area (Å²) in [4.78, 5) is 44.0. The minimum atomic E-state index is -0.269. The molecular weight excluding hydrogens is 332 g/mol. The lowest BCUT2D eigenvalue weighted by Gasteiger charge is -2.33. The highest BCUT2D eigenvalue weighted by Crippen LogP contribution is 2.20. The minimum absolute atomic E-state index is 0.0105. The zero-order chi connectivity index (χ0) is 19.1. The molecule has 0 aromatic carbocycles. The maximum atomic E-state index is 12.6. The van der Waals surface area contributed by atoms with Crippen LogP contribution >= 0.6 is 0 Å². The van der Waals surface area contributed by atoms with Gasteiger partial charge in [-0.25, -0.2) is 4.98 Å². The van der Waals surface area contributed by atoms with Crippen LogP contribution in [0.5, 0.6) is 0 Å². The molecule has 0 unspecified atom stereocenters. The molecule has 2 rings (SSSR count). The molecule has 1 aliphatic rings. The number of piperidine rings is 1. The molecule has 142 valence electrons. The molecular formula is C19H28N4O3. The van der Waals surface area contributed by atoms with Crippen LogP contribution in [-0.2, 0) is 14.4 Å². The number of hydrogen-bond acceptors (Lipinski definition) is 4. The van der Waals surface area contributed by atoms with Gasteiger partial charge in [0.25, 0.3) is 0 Å². The van der Waals surface area contributed by atoms with Gasteiger partial charge in [-0.15, -0.1) is 0 Å². The zero-order valence-corrected chi connectivity index (χ0v) is 15.8. The van der Waals surface area contributed by atoms with Crippen LogP contribution in [0.15, 0.2) is 18.3 Å². The second-order valence-electron chi connectivity index (χ2n) is 6.87. The number of nitrogens with one attached hydrogen (secondary N) is 1. The average molecular weight is 360 g/mol. The van der Waals surface area contributed by atoms with Crippen molar-refractivity contribution in [1.82, 2.24) is 14.8 Å². The summed E-state index contributed by atoms with van der Waals surface area (Å²) in [6, 6.07) is 3.63. The lowest BCUT2D eigenvalue weighted by atomic mass is 9.95. The maximum Gasteiger partial charge on any atom is 0.245 e. The summed E-state index contributed by atoms with van der Waals surface area (Å²) in [5, 5.41) is 2.71. The number of carbonyl (C=O) groups is 3. The second-order valence-corrected chi connectivity index (χ2v) is 6.87. The van der Waals surface area contributed by atoms with Crippen molar-refractivity contribution in [3.05, 3.63) is 23.9 Å². The minimum Gasteiger partial charge on any atom is -0.343 e. The summed E-state index contributed by atoms with van der Waals surface area (Å²) < 4.78 is 0. The average Bonchev–Trinajstić information content (AvgIpc) is 2.61. The Morgan fingerprint density at radius 1 is 1.31 bits per heavy atom. The molecule has 1 aromatic heterocycles. The highest BCUT2D eigenvalue weighted by atomic mass is 16.2. The fourth-order valence-electron chi connectivity index (χ4n) is 3.14. The maximum absolute atomic E-state index is 12.6. The van der Waals surface area contributed by atoms with Gasteiger partial charge in [-0.05, 0) is 43.9 Å². The van der Waals surface area contributed by atoms with Crippen LogP contribution in [0.4, 0.5) is 5.82 Å². The van der Waals surface area contributed by atoms with Crippen LogP contribution in [0.25, 0.3) is 0 Å². The highest BCUT2D eigenvalue weighted by molar-refractivity contribution is 5.94. The fraction of sp³-hybridized carbons (Fsp3) is 0.579. The standard InChI is InChI=1S/C19H28N4O3/c1-4-5-18(25)23-10-7-15(8-11-23)19(26)22(3)13-17(24)21-16-12-14(2)6-9-20-16/h6,9,12,15H,4-5,7-8,10-11,13H2,1-3H3,(H,20,21,24). The molecule has 0 atom stereocenters. The Labute approximate surface area is 154 Å². The van der Waals surface area contributed by atoms with Gasteiger partial charge in [0.1, 0.15) is 5.82 Å². The Morgan fingerprint density at radius 2 is 2.00 bits per heavy atom. The van der Waals surface area contributed by atoms with E-state index in [-0.39, 0.29) is 30.2 Å². The summed E-state index contributed by atoms with van der Waals surface area (Å²) >= 11 is 0. The van der Waals surface area contributed by atoms with Crippen molar-refractivity contribution in [2.75, 3.05) is 32.0 Å². The number of amides is 3. The molecule has 7 heteroatoms. The van der Waals surface area contributed by atoms with E-state index >= 15 is 0 Å². The summed E-state index contributed by atoms with van der Waals surface area (Å²) in [5.74, 6) is 0.209. The quantitative estimate of drug-likeness (QED) is 0.839. The number of rotatable bonds is 6. The van der Waals surface area contributed by atoms with E-state index in [2.05, 4.69) is 10.3 Å². The third-order valence-electron chi connectivity index (χ3n) is 4.60. The number of nitrogens with zero attached hydrogens (tertiary/aromatic N) is 3. The van der Waals surface area contributed by atoms with E-state index in [4.69, 9.17) is 0 Å². The van der Waals surface area contributed by atoms with Gasteiger partial charge < -0.3 is 15.1 Å². The normalized spacial score (nSPS) is 14.8. The first kappa shape index (κ1) is 19.9. The molecule has 1 N–H and O–H groups in total. The molecule has 26 heavy (non-hydrogen) atoms. The Morgan fingerprint density at radius 3 is 2.62 bits per heavy atom. The van der Waals surface area contributed by atoms with Crippen molar-refractivity contribution in [3.63, 3.8) is 0 Å². The molecule has 1 saturated heterocycles. The Bertz CT molecular complexity index is 654. The van der Waals surface area contributed by atoms with Gasteiger partial charge in [0, 0.05) is 38.7 Å². The predicted octanol–water partition coefficient (Wildman–Crippen LogP) is 1.83. The molecule has 0 aliphatic carbocycles. The second kappa shape index (κ2) is 9.31. The number of aromatic nitrogens is 1. The number of carbonyl (C=O) groups excluding carboxylic acids is 3. The molecule has 2 heterocycles. The van der Waals surface area contributed by atoms with E-state index in [9.17, 15) is 14.4 Å². The van der Waals surface area contributed by atoms with Gasteiger partial charge in [0.05, 0.1) is 6.54 Å². The smallest absolute Gasteiger partial charge is 0.245 e. The number of hydrogen-bond donors (Lipinski definition) is 1. The third kappa shape index (κ3) is 5.54. The Balaban J connectivity index is 1.80. The first-order chi connectivity index (χ1) is 12.4. The van der Waals surface area contributed by atoms with Gasteiger partial charge >= 0.3 is 0 Å². The highest BCUT2D eigenvalue weighted by Gasteiger charge is 2.29. The van der Waals surface area contributed by atoms with E-state index in [1.54, 1.807) is 19.3 Å². The van der Waals surface area contributed by atoms with Crippen LogP contribution in [0.3, 0.4) is 0 Å². The van der Waals surface area contributed by atoms with Crippen LogP contribution in [0.1, 0.15) is 38.2 Å². The van der Waals surface area contributed by atoms with Crippen molar-refractivity contribution in [2.24, 2.45) is 5.92 Å². The molecule has 1 fully saturated rings. The summed E-state index contributed by atoms with van der Waals surface area (Å²) in [7, 11) is 1.64. The van der Waals surface area contributed by atoms with Crippen molar-refractivity contribution in [3.8, 4) is 0 Å². The molecule has 0 radical (unpaired) electrons. The SMILES string of the molecule is CCCC(=O)N1CCC(C(=O)N(C)CC(=O)Nc2cc(C)ccn2)CC1. The summed E-state index contributed by atoms with van der Waals surface area (Å²) in [6.45, 7) is 5.12. The summed E-state index contributed by atoms with van der Waals surface area (Å²) in [6.07, 6.45) is 4.34. The van der Waals surface area contributed by atoms with Gasteiger partial charge in [0.15, 0.2) is 0 Å². The van der Waals surface area contributed by atoms with Gasteiger partial charge in [-0.3, -0.25) is 14.4 Å². The topological polar surface area (TPSA) is 82.6 Å². The Hall–Kier alpha value is -2.44. The van der Waals surface area contributed by atoms with Crippen LogP contribution in [-0.4, -0.2) is 59.2 Å². The zero-order valence-electron chi connectivity index (χ0n) is 15.8. The number of likely N-dealkylation sites (tertiary alicyclic amines) is 1. The number of pyridine rings is 1. The third-order valence-corrected chi connectivity index (χ3v) is 4.60. The molecule has 3 amide bonds. The number of aryl methyl sites for hydroxylation is 1. The van der Waals surface area contributed by atoms with E-state index in [0.29, 0.717) is 38.2 Å².